The molecule has 4 N–H and O–H groups in total. The van der Waals surface area contributed by atoms with Gasteiger partial charge in [-0.05, 0) is 31.5 Å². The number of H-pyrrole nitrogens is 1. The molecule has 7 heteroatoms. The van der Waals surface area contributed by atoms with Crippen LogP contribution >= 0.6 is 0 Å². The number of rotatable bonds is 3. The third-order valence-electron chi connectivity index (χ3n) is 2.64. The monoisotopic (exact) mass is 246 g/mol. The summed E-state index contributed by atoms with van der Waals surface area (Å²) in [5.74, 6) is 0.211. The minimum Gasteiger partial charge on any atom is -0.398 e. The minimum atomic E-state index is -0.321. The molecule has 1 amide bonds. The maximum Gasteiger partial charge on any atom is 0.251 e. The van der Waals surface area contributed by atoms with E-state index in [1.165, 1.54) is 0 Å². The van der Waals surface area contributed by atoms with Crippen LogP contribution < -0.4 is 11.1 Å². The van der Waals surface area contributed by atoms with E-state index < -0.39 is 0 Å². The summed E-state index contributed by atoms with van der Waals surface area (Å²) in [7, 11) is 0. The van der Waals surface area contributed by atoms with Crippen LogP contribution in [0.2, 0.25) is 0 Å². The van der Waals surface area contributed by atoms with Crippen molar-refractivity contribution in [3.8, 4) is 0 Å². The molecule has 0 spiro atoms. The van der Waals surface area contributed by atoms with Gasteiger partial charge in [0.25, 0.3) is 5.91 Å². The van der Waals surface area contributed by atoms with Gasteiger partial charge in [-0.25, -0.2) is 0 Å². The zero-order valence-electron chi connectivity index (χ0n) is 10.1. The summed E-state index contributed by atoms with van der Waals surface area (Å²) in [5, 5.41) is 16.2. The molecular weight excluding hydrogens is 232 g/mol. The summed E-state index contributed by atoms with van der Waals surface area (Å²) in [5.41, 5.74) is 7.81. The van der Waals surface area contributed by atoms with Gasteiger partial charge in [-0.3, -0.25) is 4.79 Å². The lowest BCUT2D eigenvalue weighted by Crippen LogP contribution is -2.27. The van der Waals surface area contributed by atoms with Crippen LogP contribution in [0.15, 0.2) is 18.2 Å². The quantitative estimate of drug-likeness (QED) is 0.686. The lowest BCUT2D eigenvalue weighted by Gasteiger charge is -2.10. The van der Waals surface area contributed by atoms with Crippen molar-refractivity contribution < 1.29 is 4.79 Å². The molecule has 2 rings (SSSR count). The van der Waals surface area contributed by atoms with Gasteiger partial charge in [0.15, 0.2) is 5.82 Å². The van der Waals surface area contributed by atoms with Gasteiger partial charge in [-0.2, -0.15) is 5.21 Å². The number of aryl methyl sites for hydroxylation is 1. The van der Waals surface area contributed by atoms with Crippen molar-refractivity contribution in [2.75, 3.05) is 5.73 Å². The first-order valence-electron chi connectivity index (χ1n) is 5.48. The van der Waals surface area contributed by atoms with E-state index >= 15 is 0 Å². The summed E-state index contributed by atoms with van der Waals surface area (Å²) >= 11 is 0. The molecule has 0 radical (unpaired) electrons. The number of tetrazole rings is 1. The molecule has 18 heavy (non-hydrogen) atoms. The van der Waals surface area contributed by atoms with Crippen molar-refractivity contribution in [2.45, 2.75) is 19.9 Å². The number of carbonyl (C=O) groups excluding carboxylic acids is 1. The van der Waals surface area contributed by atoms with Gasteiger partial charge < -0.3 is 11.1 Å². The molecular formula is C11H14N6O. The summed E-state index contributed by atoms with van der Waals surface area (Å²) < 4.78 is 0. The van der Waals surface area contributed by atoms with E-state index in [1.54, 1.807) is 19.1 Å². The number of nitrogens with one attached hydrogen (secondary N) is 2. The number of nitrogen functional groups attached to an aromatic ring is 1. The molecule has 0 fully saturated rings. The number of anilines is 1. The fourth-order valence-electron chi connectivity index (χ4n) is 1.48. The van der Waals surface area contributed by atoms with Gasteiger partial charge in [0.05, 0.1) is 6.04 Å². The van der Waals surface area contributed by atoms with Crippen LogP contribution in [0.4, 0.5) is 5.69 Å². The lowest BCUT2D eigenvalue weighted by molar-refractivity contribution is 0.0938. The first kappa shape index (κ1) is 12.0. The molecule has 1 heterocycles. The number of benzene rings is 1. The van der Waals surface area contributed by atoms with Crippen LogP contribution in [-0.2, 0) is 0 Å². The second kappa shape index (κ2) is 4.82. The van der Waals surface area contributed by atoms with Gasteiger partial charge in [-0.1, -0.05) is 11.3 Å². The zero-order chi connectivity index (χ0) is 13.1. The Bertz CT molecular complexity index is 551. The van der Waals surface area contributed by atoms with Crippen molar-refractivity contribution in [2.24, 2.45) is 0 Å². The van der Waals surface area contributed by atoms with E-state index in [0.29, 0.717) is 17.1 Å². The predicted octanol–water partition coefficient (Wildman–Crippen LogP) is 0.581. The number of nitrogens with zero attached hydrogens (tertiary/aromatic N) is 3. The summed E-state index contributed by atoms with van der Waals surface area (Å²) in [6, 6.07) is 4.86. The summed E-state index contributed by atoms with van der Waals surface area (Å²) in [4.78, 5) is 12.0. The van der Waals surface area contributed by atoms with Gasteiger partial charge >= 0.3 is 0 Å². The first-order chi connectivity index (χ1) is 8.58. The third kappa shape index (κ3) is 2.45. The van der Waals surface area contributed by atoms with Gasteiger partial charge in [0.1, 0.15) is 0 Å². The Morgan fingerprint density at radius 1 is 1.50 bits per heavy atom. The van der Waals surface area contributed by atoms with Crippen LogP contribution in [0.25, 0.3) is 0 Å². The molecule has 2 aromatic rings. The highest BCUT2D eigenvalue weighted by molar-refractivity contribution is 5.95. The van der Waals surface area contributed by atoms with E-state index in [0.717, 1.165) is 5.56 Å². The maximum atomic E-state index is 12.0. The summed E-state index contributed by atoms with van der Waals surface area (Å²) in [6.45, 7) is 3.67. The van der Waals surface area contributed by atoms with Crippen molar-refractivity contribution >= 4 is 11.6 Å². The van der Waals surface area contributed by atoms with E-state index in [1.807, 2.05) is 13.0 Å². The van der Waals surface area contributed by atoms with Crippen molar-refractivity contribution in [3.05, 3.63) is 35.2 Å². The highest BCUT2D eigenvalue weighted by Gasteiger charge is 2.15. The second-order valence-electron chi connectivity index (χ2n) is 4.04. The number of aromatic amines is 1. The normalized spacial score (nSPS) is 12.1. The molecule has 1 aromatic carbocycles. The topological polar surface area (TPSA) is 110 Å². The number of nitrogens with two attached hydrogens (primary N) is 1. The highest BCUT2D eigenvalue weighted by Crippen LogP contribution is 2.14. The van der Waals surface area contributed by atoms with Crippen LogP contribution in [0.1, 0.15) is 34.7 Å². The Balaban J connectivity index is 2.10. The van der Waals surface area contributed by atoms with Gasteiger partial charge in [-0.15, -0.1) is 10.2 Å². The molecule has 0 aliphatic carbocycles. The first-order valence-corrected chi connectivity index (χ1v) is 5.48. The molecule has 0 bridgehead atoms. The number of aromatic nitrogens is 4. The van der Waals surface area contributed by atoms with E-state index in [4.69, 9.17) is 5.73 Å². The maximum absolute atomic E-state index is 12.0. The van der Waals surface area contributed by atoms with E-state index in [2.05, 4.69) is 25.9 Å². The van der Waals surface area contributed by atoms with Crippen LogP contribution in [0.5, 0.6) is 0 Å². The molecule has 7 nitrogen and oxygen atoms in total. The second-order valence-corrected chi connectivity index (χ2v) is 4.04. The average molecular weight is 246 g/mol. The molecule has 0 aliphatic rings. The Morgan fingerprint density at radius 3 is 2.89 bits per heavy atom. The van der Waals surface area contributed by atoms with Crippen molar-refractivity contribution in [3.63, 3.8) is 0 Å². The molecule has 0 saturated carbocycles. The molecule has 0 saturated heterocycles. The Kier molecular flexibility index (Phi) is 3.22. The number of hydrogen-bond acceptors (Lipinski definition) is 5. The largest absolute Gasteiger partial charge is 0.398 e. The molecule has 1 unspecified atom stereocenters. The number of amides is 1. The van der Waals surface area contributed by atoms with Crippen LogP contribution in [0.3, 0.4) is 0 Å². The summed E-state index contributed by atoms with van der Waals surface area (Å²) in [6.07, 6.45) is 0. The highest BCUT2D eigenvalue weighted by atomic mass is 16.1. The third-order valence-corrected chi connectivity index (χ3v) is 2.64. The van der Waals surface area contributed by atoms with Gasteiger partial charge in [0, 0.05) is 11.3 Å². The van der Waals surface area contributed by atoms with E-state index in [-0.39, 0.29) is 11.9 Å². The Labute approximate surface area is 104 Å². The fourth-order valence-corrected chi connectivity index (χ4v) is 1.48. The Morgan fingerprint density at radius 2 is 2.28 bits per heavy atom. The number of carbonyl (C=O) groups is 1. The van der Waals surface area contributed by atoms with E-state index in [9.17, 15) is 4.79 Å². The van der Waals surface area contributed by atoms with Crippen LogP contribution in [0, 0.1) is 6.92 Å². The Hall–Kier alpha value is -2.44. The van der Waals surface area contributed by atoms with Crippen molar-refractivity contribution in [1.29, 1.82) is 0 Å². The van der Waals surface area contributed by atoms with Crippen molar-refractivity contribution in [1.82, 2.24) is 25.9 Å². The van der Waals surface area contributed by atoms with Crippen LogP contribution in [-0.4, -0.2) is 26.5 Å². The predicted molar refractivity (Wildman–Crippen MR) is 65.7 cm³/mol. The molecule has 1 aromatic heterocycles. The smallest absolute Gasteiger partial charge is 0.251 e. The molecule has 1 atom stereocenters. The lowest BCUT2D eigenvalue weighted by atomic mass is 10.1. The standard InChI is InChI=1S/C11H14N6O/c1-6-3-4-8(5-9(6)12)11(18)13-7(2)10-14-16-17-15-10/h3-5,7H,12H2,1-2H3,(H,13,18)(H,14,15,16,17). The number of hydrogen-bond donors (Lipinski definition) is 3. The zero-order valence-corrected chi connectivity index (χ0v) is 10.1. The molecule has 94 valence electrons. The average Bonchev–Trinajstić information content (AvgIpc) is 2.86. The molecule has 0 aliphatic heterocycles. The minimum absolute atomic E-state index is 0.223. The fraction of sp³-hybridized carbons (Fsp3) is 0.273. The SMILES string of the molecule is Cc1ccc(C(=O)NC(C)c2nn[nH]n2)cc1N. The van der Waals surface area contributed by atoms with Gasteiger partial charge in [0.2, 0.25) is 0 Å².